The van der Waals surface area contributed by atoms with E-state index in [0.29, 0.717) is 12.1 Å². The van der Waals surface area contributed by atoms with E-state index in [4.69, 9.17) is 0 Å². The number of carbonyl (C=O) groups excluding carboxylic acids is 1. The minimum Gasteiger partial charge on any atom is -0.353 e. The fourth-order valence-electron chi connectivity index (χ4n) is 3.91. The number of fused-ring (bicyclic) bond motifs is 2. The van der Waals surface area contributed by atoms with Crippen LogP contribution in [0.3, 0.4) is 0 Å². The molecule has 2 fully saturated rings. The SMILES string of the molecule is O=C(CC(F)(F)F)NC1CC2CCC(C1)N2Cc1ccccc1. The molecule has 2 saturated heterocycles. The molecule has 3 rings (SSSR count). The Morgan fingerprint density at radius 2 is 1.74 bits per heavy atom. The Morgan fingerprint density at radius 3 is 2.30 bits per heavy atom. The third-order valence-corrected chi connectivity index (χ3v) is 4.82. The lowest BCUT2D eigenvalue weighted by Crippen LogP contribution is -2.50. The minimum absolute atomic E-state index is 0.130. The second-order valence-electron chi connectivity index (χ2n) is 6.57. The summed E-state index contributed by atoms with van der Waals surface area (Å²) in [7, 11) is 0. The van der Waals surface area contributed by atoms with Crippen molar-refractivity contribution in [1.82, 2.24) is 10.2 Å². The molecule has 1 amide bonds. The summed E-state index contributed by atoms with van der Waals surface area (Å²) in [6.45, 7) is 0.874. The number of hydrogen-bond donors (Lipinski definition) is 1. The van der Waals surface area contributed by atoms with Crippen LogP contribution < -0.4 is 5.32 Å². The van der Waals surface area contributed by atoms with E-state index in [-0.39, 0.29) is 6.04 Å². The lowest BCUT2D eigenvalue weighted by atomic mass is 9.96. The van der Waals surface area contributed by atoms with Gasteiger partial charge < -0.3 is 5.32 Å². The first-order chi connectivity index (χ1) is 10.9. The molecule has 0 spiro atoms. The van der Waals surface area contributed by atoms with Crippen LogP contribution >= 0.6 is 0 Å². The summed E-state index contributed by atoms with van der Waals surface area (Å²) < 4.78 is 36.8. The van der Waals surface area contributed by atoms with Crippen molar-refractivity contribution >= 4 is 5.91 Å². The van der Waals surface area contributed by atoms with E-state index in [1.165, 1.54) is 5.56 Å². The molecule has 126 valence electrons. The van der Waals surface area contributed by atoms with Gasteiger partial charge in [0.25, 0.3) is 0 Å². The second kappa shape index (κ2) is 6.51. The summed E-state index contributed by atoms with van der Waals surface area (Å²) in [4.78, 5) is 13.9. The van der Waals surface area contributed by atoms with Crippen LogP contribution in [0.5, 0.6) is 0 Å². The molecule has 0 aromatic heterocycles. The normalized spacial score (nSPS) is 27.9. The number of alkyl halides is 3. The van der Waals surface area contributed by atoms with Gasteiger partial charge >= 0.3 is 6.18 Å². The van der Waals surface area contributed by atoms with Crippen molar-refractivity contribution in [3.8, 4) is 0 Å². The topological polar surface area (TPSA) is 32.3 Å². The van der Waals surface area contributed by atoms with Crippen LogP contribution in [0.1, 0.15) is 37.7 Å². The Hall–Kier alpha value is -1.56. The van der Waals surface area contributed by atoms with Crippen LogP contribution in [-0.4, -0.2) is 35.1 Å². The van der Waals surface area contributed by atoms with Gasteiger partial charge in [-0.2, -0.15) is 13.2 Å². The number of piperidine rings is 1. The van der Waals surface area contributed by atoms with Gasteiger partial charge in [-0.15, -0.1) is 0 Å². The number of hydrogen-bond acceptors (Lipinski definition) is 2. The largest absolute Gasteiger partial charge is 0.397 e. The highest BCUT2D eigenvalue weighted by Gasteiger charge is 2.41. The van der Waals surface area contributed by atoms with Gasteiger partial charge in [0, 0.05) is 24.7 Å². The number of nitrogens with zero attached hydrogens (tertiary/aromatic N) is 1. The molecule has 0 saturated carbocycles. The first-order valence-corrected chi connectivity index (χ1v) is 8.06. The lowest BCUT2D eigenvalue weighted by Gasteiger charge is -2.39. The van der Waals surface area contributed by atoms with Crippen molar-refractivity contribution in [2.75, 3.05) is 0 Å². The standard InChI is InChI=1S/C17H21F3N2O/c18-17(19,20)10-16(23)21-13-8-14-6-7-15(9-13)22(14)11-12-4-2-1-3-5-12/h1-5,13-15H,6-11H2,(H,21,23). The summed E-state index contributed by atoms with van der Waals surface area (Å²) in [6.07, 6.45) is -2.21. The maximum atomic E-state index is 12.3. The number of amides is 1. The summed E-state index contributed by atoms with van der Waals surface area (Å²) in [5.74, 6) is -0.904. The third-order valence-electron chi connectivity index (χ3n) is 4.82. The molecule has 2 aliphatic heterocycles. The molecule has 6 heteroatoms. The molecule has 2 bridgehead atoms. The molecule has 3 nitrogen and oxygen atoms in total. The Labute approximate surface area is 133 Å². The Bertz CT molecular complexity index is 533. The molecule has 0 aliphatic carbocycles. The smallest absolute Gasteiger partial charge is 0.353 e. The van der Waals surface area contributed by atoms with E-state index < -0.39 is 18.5 Å². The zero-order valence-corrected chi connectivity index (χ0v) is 12.9. The number of carbonyl (C=O) groups is 1. The predicted octanol–water partition coefficient (Wildman–Crippen LogP) is 3.25. The van der Waals surface area contributed by atoms with Crippen molar-refractivity contribution in [2.24, 2.45) is 0 Å². The minimum atomic E-state index is -4.43. The molecule has 23 heavy (non-hydrogen) atoms. The van der Waals surface area contributed by atoms with Crippen molar-refractivity contribution in [3.05, 3.63) is 35.9 Å². The van der Waals surface area contributed by atoms with Crippen LogP contribution in [-0.2, 0) is 11.3 Å². The fraction of sp³-hybridized carbons (Fsp3) is 0.588. The quantitative estimate of drug-likeness (QED) is 0.921. The van der Waals surface area contributed by atoms with Crippen molar-refractivity contribution < 1.29 is 18.0 Å². The molecule has 2 atom stereocenters. The number of rotatable bonds is 4. The van der Waals surface area contributed by atoms with Crippen molar-refractivity contribution in [3.63, 3.8) is 0 Å². The predicted molar refractivity (Wildman–Crippen MR) is 80.6 cm³/mol. The highest BCUT2D eigenvalue weighted by molar-refractivity contribution is 5.76. The van der Waals surface area contributed by atoms with Crippen LogP contribution in [0.2, 0.25) is 0 Å². The zero-order chi connectivity index (χ0) is 16.4. The van der Waals surface area contributed by atoms with Crippen LogP contribution in [0.15, 0.2) is 30.3 Å². The molecule has 0 radical (unpaired) electrons. The summed E-state index contributed by atoms with van der Waals surface area (Å²) >= 11 is 0. The maximum absolute atomic E-state index is 12.3. The van der Waals surface area contributed by atoms with E-state index in [2.05, 4.69) is 22.3 Å². The highest BCUT2D eigenvalue weighted by atomic mass is 19.4. The van der Waals surface area contributed by atoms with E-state index in [1.807, 2.05) is 18.2 Å². The Balaban J connectivity index is 1.56. The van der Waals surface area contributed by atoms with E-state index in [1.54, 1.807) is 0 Å². The zero-order valence-electron chi connectivity index (χ0n) is 12.9. The van der Waals surface area contributed by atoms with E-state index in [9.17, 15) is 18.0 Å². The van der Waals surface area contributed by atoms with Crippen LogP contribution in [0, 0.1) is 0 Å². The molecule has 2 aliphatic rings. The van der Waals surface area contributed by atoms with E-state index >= 15 is 0 Å². The average Bonchev–Trinajstić information content (AvgIpc) is 2.68. The van der Waals surface area contributed by atoms with E-state index in [0.717, 1.165) is 32.2 Å². The lowest BCUT2D eigenvalue weighted by molar-refractivity contribution is -0.154. The third kappa shape index (κ3) is 4.25. The Kier molecular flexibility index (Phi) is 4.62. The monoisotopic (exact) mass is 326 g/mol. The van der Waals surface area contributed by atoms with Crippen molar-refractivity contribution in [2.45, 2.75) is 63.0 Å². The van der Waals surface area contributed by atoms with Gasteiger partial charge in [-0.1, -0.05) is 30.3 Å². The van der Waals surface area contributed by atoms with Gasteiger partial charge in [-0.25, -0.2) is 0 Å². The van der Waals surface area contributed by atoms with Crippen LogP contribution in [0.4, 0.5) is 13.2 Å². The molecular weight excluding hydrogens is 305 g/mol. The molecule has 2 unspecified atom stereocenters. The van der Waals surface area contributed by atoms with Gasteiger partial charge in [0.15, 0.2) is 0 Å². The van der Waals surface area contributed by atoms with Crippen molar-refractivity contribution in [1.29, 1.82) is 0 Å². The number of halogens is 3. The molecule has 1 aromatic carbocycles. The summed E-state index contributed by atoms with van der Waals surface area (Å²) in [5.41, 5.74) is 1.25. The molecule has 1 N–H and O–H groups in total. The molecule has 1 aromatic rings. The summed E-state index contributed by atoms with van der Waals surface area (Å²) in [6, 6.07) is 10.8. The maximum Gasteiger partial charge on any atom is 0.397 e. The number of benzene rings is 1. The van der Waals surface area contributed by atoms with Crippen LogP contribution in [0.25, 0.3) is 0 Å². The van der Waals surface area contributed by atoms with Gasteiger partial charge in [0.05, 0.1) is 0 Å². The highest BCUT2D eigenvalue weighted by Crippen LogP contribution is 2.37. The molecule has 2 heterocycles. The second-order valence-corrected chi connectivity index (χ2v) is 6.57. The Morgan fingerprint density at radius 1 is 1.13 bits per heavy atom. The first kappa shape index (κ1) is 16.3. The van der Waals surface area contributed by atoms with Gasteiger partial charge in [0.2, 0.25) is 5.91 Å². The first-order valence-electron chi connectivity index (χ1n) is 8.06. The van der Waals surface area contributed by atoms with Gasteiger partial charge in [0.1, 0.15) is 6.42 Å². The van der Waals surface area contributed by atoms with Gasteiger partial charge in [-0.3, -0.25) is 9.69 Å². The number of nitrogens with one attached hydrogen (secondary N) is 1. The summed E-state index contributed by atoms with van der Waals surface area (Å²) in [5, 5.41) is 2.58. The molecular formula is C17H21F3N2O. The van der Waals surface area contributed by atoms with Gasteiger partial charge in [-0.05, 0) is 31.2 Å². The average molecular weight is 326 g/mol. The fourth-order valence-corrected chi connectivity index (χ4v) is 3.91.